The maximum absolute atomic E-state index is 7.75. The van der Waals surface area contributed by atoms with Crippen LogP contribution in [-0.2, 0) is 29.1 Å². The predicted molar refractivity (Wildman–Crippen MR) is 97.1 cm³/mol. The zero-order valence-corrected chi connectivity index (χ0v) is 18.0. The molecule has 23 heavy (non-hydrogen) atoms. The van der Waals surface area contributed by atoms with Gasteiger partial charge in [-0.1, -0.05) is 52.4 Å². The summed E-state index contributed by atoms with van der Waals surface area (Å²) in [4.78, 5) is 15.5. The van der Waals surface area contributed by atoms with Gasteiger partial charge in [-0.3, -0.25) is 13.6 Å². The fraction of sp³-hybridized carbons (Fsp3) is 0.875. The molecule has 0 aromatic rings. The van der Waals surface area contributed by atoms with Crippen LogP contribution in [0.1, 0.15) is 41.5 Å². The molecule has 0 bridgehead atoms. The molecule has 0 aromatic carbocycles. The molecule has 0 spiro atoms. The van der Waals surface area contributed by atoms with E-state index >= 15 is 0 Å². The smallest absolute Gasteiger partial charge is 0.680 e. The van der Waals surface area contributed by atoms with Crippen molar-refractivity contribution in [2.24, 2.45) is 10.8 Å². The first-order valence-electron chi connectivity index (χ1n) is 6.87. The van der Waals surface area contributed by atoms with Gasteiger partial charge in [-0.15, -0.1) is 0 Å². The standard InChI is InChI=1S/2C7H16N2.2CHO.Ru/c2*1-7(2,3)6(8-4)9-5;2*1-2;/h2*6H,1-5H3;2*1H;/q2*-2;2*-1;+6. The molecule has 0 saturated heterocycles. The van der Waals surface area contributed by atoms with E-state index in [2.05, 4.69) is 76.4 Å². The Morgan fingerprint density at radius 3 is 0.696 bits per heavy atom. The Hall–Kier alpha value is -0.197. The molecule has 0 heterocycles. The SMILES string of the molecule is C[N-]C([N-]C)C(C)(C)C.C[N-]C([N-]C)C(C)(C)C.[CH-]=O.[CH-]=O.[Ru+6]. The number of rotatable bonds is 4. The third kappa shape index (κ3) is 21.8. The molecule has 7 heteroatoms. The molecule has 0 aromatic heterocycles. The summed E-state index contributed by atoms with van der Waals surface area (Å²) in [6.07, 6.45) is 0.301. The molecule has 0 fully saturated rings. The van der Waals surface area contributed by atoms with E-state index < -0.39 is 0 Å². The minimum Gasteiger partial charge on any atom is -0.680 e. The zero-order valence-electron chi connectivity index (χ0n) is 16.3. The van der Waals surface area contributed by atoms with Crippen LogP contribution >= 0.6 is 0 Å². The van der Waals surface area contributed by atoms with Crippen molar-refractivity contribution in [1.29, 1.82) is 0 Å². The molecule has 0 aliphatic carbocycles. The molecule has 6 nitrogen and oxygen atoms in total. The van der Waals surface area contributed by atoms with Gasteiger partial charge < -0.3 is 30.9 Å². The fourth-order valence-electron chi connectivity index (χ4n) is 1.78. The van der Waals surface area contributed by atoms with E-state index in [-0.39, 0.29) is 42.6 Å². The quantitative estimate of drug-likeness (QED) is 0.391. The van der Waals surface area contributed by atoms with Gasteiger partial charge in [-0.25, -0.2) is 12.3 Å². The first-order chi connectivity index (χ1) is 10.0. The van der Waals surface area contributed by atoms with Crippen molar-refractivity contribution < 1.29 is 29.1 Å². The van der Waals surface area contributed by atoms with Gasteiger partial charge in [-0.2, -0.15) is 28.2 Å². The van der Waals surface area contributed by atoms with Crippen LogP contribution in [0.15, 0.2) is 0 Å². The van der Waals surface area contributed by atoms with E-state index in [0.717, 1.165) is 0 Å². The molecular weight excluding hydrogens is 381 g/mol. The molecule has 0 radical (unpaired) electrons. The van der Waals surface area contributed by atoms with Crippen LogP contribution in [0, 0.1) is 10.8 Å². The van der Waals surface area contributed by atoms with Crippen molar-refractivity contribution in [2.45, 2.75) is 53.9 Å². The van der Waals surface area contributed by atoms with Crippen molar-refractivity contribution in [1.82, 2.24) is 0 Å². The van der Waals surface area contributed by atoms with E-state index in [9.17, 15) is 0 Å². The van der Waals surface area contributed by atoms with Gasteiger partial charge in [0.2, 0.25) is 0 Å². The second-order valence-corrected chi connectivity index (χ2v) is 6.51. The molecule has 138 valence electrons. The van der Waals surface area contributed by atoms with E-state index in [0.29, 0.717) is 0 Å². The van der Waals surface area contributed by atoms with Gasteiger partial charge in [0.05, 0.1) is 0 Å². The minimum absolute atomic E-state index is 0. The Morgan fingerprint density at radius 2 is 0.696 bits per heavy atom. The van der Waals surface area contributed by atoms with Crippen molar-refractivity contribution >= 4 is 13.6 Å². The van der Waals surface area contributed by atoms with Gasteiger partial charge in [0.25, 0.3) is 0 Å². The largest absolute Gasteiger partial charge is 6.00 e. The number of hydrogen-bond donors (Lipinski definition) is 0. The van der Waals surface area contributed by atoms with Crippen LogP contribution < -0.4 is 0 Å². The Bertz CT molecular complexity index is 199. The third-order valence-electron chi connectivity index (χ3n) is 2.53. The predicted octanol–water partition coefficient (Wildman–Crippen LogP) is 4.18. The Kier molecular flexibility index (Phi) is 29.5. The number of carbonyl (C=O) groups excluding carboxylic acids is 2. The van der Waals surface area contributed by atoms with Gasteiger partial charge >= 0.3 is 19.5 Å². The Labute approximate surface area is 157 Å². The summed E-state index contributed by atoms with van der Waals surface area (Å²) >= 11 is 0. The normalized spacial score (nSPS) is 10.3. The molecule has 0 rings (SSSR count). The summed E-state index contributed by atoms with van der Waals surface area (Å²) in [6, 6.07) is 0. The number of nitrogens with zero attached hydrogens (tertiary/aromatic N) is 4. The van der Waals surface area contributed by atoms with E-state index in [1.807, 2.05) is 28.2 Å². The monoisotopic (exact) mass is 416 g/mol. The van der Waals surface area contributed by atoms with Crippen molar-refractivity contribution in [2.75, 3.05) is 28.2 Å². The molecule has 0 atom stereocenters. The summed E-state index contributed by atoms with van der Waals surface area (Å²) in [7, 11) is 7.23. The van der Waals surface area contributed by atoms with Crippen LogP contribution in [0.25, 0.3) is 21.3 Å². The second kappa shape index (κ2) is 19.8. The summed E-state index contributed by atoms with van der Waals surface area (Å²) in [5, 5.41) is 16.4. The molecule has 0 aliphatic rings. The van der Waals surface area contributed by atoms with Crippen molar-refractivity contribution in [3.05, 3.63) is 21.3 Å². The molecule has 0 saturated carbocycles. The van der Waals surface area contributed by atoms with Crippen LogP contribution in [0.4, 0.5) is 0 Å². The fourth-order valence-corrected chi connectivity index (χ4v) is 1.78. The maximum Gasteiger partial charge on any atom is 6.00 e. The van der Waals surface area contributed by atoms with Crippen LogP contribution in [-0.4, -0.2) is 54.1 Å². The van der Waals surface area contributed by atoms with Crippen LogP contribution in [0.3, 0.4) is 0 Å². The molecule has 0 aliphatic heterocycles. The van der Waals surface area contributed by atoms with E-state index in [1.54, 1.807) is 0 Å². The summed E-state index contributed by atoms with van der Waals surface area (Å²) in [6.45, 7) is 19.3. The van der Waals surface area contributed by atoms with Crippen LogP contribution in [0.5, 0.6) is 0 Å². The van der Waals surface area contributed by atoms with Gasteiger partial charge in [0.1, 0.15) is 0 Å². The minimum atomic E-state index is 0. The van der Waals surface area contributed by atoms with Gasteiger partial charge in [-0.05, 0) is 0 Å². The van der Waals surface area contributed by atoms with Gasteiger partial charge in [0.15, 0.2) is 0 Å². The topological polar surface area (TPSA) is 90.5 Å². The van der Waals surface area contributed by atoms with E-state index in [4.69, 9.17) is 9.59 Å². The maximum atomic E-state index is 7.75. The summed E-state index contributed by atoms with van der Waals surface area (Å²) < 4.78 is 0. The third-order valence-corrected chi connectivity index (χ3v) is 2.53. The molecule has 0 N–H and O–H groups in total. The van der Waals surface area contributed by atoms with Crippen LogP contribution in [0.2, 0.25) is 0 Å². The van der Waals surface area contributed by atoms with Crippen molar-refractivity contribution in [3.8, 4) is 0 Å². The Morgan fingerprint density at radius 1 is 0.565 bits per heavy atom. The first kappa shape index (κ1) is 34.2. The average molecular weight is 416 g/mol. The second-order valence-electron chi connectivity index (χ2n) is 6.51. The first-order valence-corrected chi connectivity index (χ1v) is 6.87. The Balaban J connectivity index is -0.0000000743. The molecule has 0 unspecified atom stereocenters. The summed E-state index contributed by atoms with van der Waals surface area (Å²) in [5.41, 5.74) is 0.368. The van der Waals surface area contributed by atoms with E-state index in [1.165, 1.54) is 0 Å². The van der Waals surface area contributed by atoms with Gasteiger partial charge in [0, 0.05) is 0 Å². The molecular formula is C16H34N4O2Ru. The zero-order chi connectivity index (χ0) is 19.0. The summed E-state index contributed by atoms with van der Waals surface area (Å²) in [5.74, 6) is 0. The van der Waals surface area contributed by atoms with Crippen molar-refractivity contribution in [3.63, 3.8) is 0 Å². The average Bonchev–Trinajstić information content (AvgIpc) is 2.43. The number of hydrogen-bond acceptors (Lipinski definition) is 2. The molecule has 0 amide bonds.